The van der Waals surface area contributed by atoms with Crippen LogP contribution < -0.4 is 0 Å². The van der Waals surface area contributed by atoms with Crippen LogP contribution in [0.1, 0.15) is 33.3 Å². The highest BCUT2D eigenvalue weighted by Gasteiger charge is 1.92. The summed E-state index contributed by atoms with van der Waals surface area (Å²) in [5.74, 6) is 0. The van der Waals surface area contributed by atoms with E-state index in [2.05, 4.69) is 29.1 Å². The second-order valence-electron chi connectivity index (χ2n) is 1.89. The molecule has 0 aromatic heterocycles. The average Bonchev–Trinajstić information content (AvgIpc) is 2.32. The first kappa shape index (κ1) is 20.2. The van der Waals surface area contributed by atoms with E-state index >= 15 is 0 Å². The van der Waals surface area contributed by atoms with Gasteiger partial charge in [0.2, 0.25) is 0 Å². The summed E-state index contributed by atoms with van der Waals surface area (Å²) in [4.78, 5) is 0. The lowest BCUT2D eigenvalue weighted by Gasteiger charge is -1.95. The Morgan fingerprint density at radius 3 is 1.73 bits per heavy atom. The topological polar surface area (TPSA) is 0 Å². The summed E-state index contributed by atoms with van der Waals surface area (Å²) in [6, 6.07) is 5.84. The standard InChI is InChI=1S/C7H6BrCl.2C2H6.C2H4/c1-5-2-3-6(8)4-7(5)9;3*1-2/h2-4H,1H3;2*1-2H3;1-2H2. The van der Waals surface area contributed by atoms with Crippen molar-refractivity contribution in [3.63, 3.8) is 0 Å². The lowest BCUT2D eigenvalue weighted by Crippen LogP contribution is -1.72. The largest absolute Gasteiger partial charge is 0.106 e. The molecule has 2 heteroatoms. The van der Waals surface area contributed by atoms with Crippen molar-refractivity contribution in [1.82, 2.24) is 0 Å². The summed E-state index contributed by atoms with van der Waals surface area (Å²) < 4.78 is 1.03. The van der Waals surface area contributed by atoms with Gasteiger partial charge in [0.15, 0.2) is 0 Å². The van der Waals surface area contributed by atoms with Gasteiger partial charge < -0.3 is 0 Å². The molecule has 88 valence electrons. The number of aryl methyl sites for hydroxylation is 1. The number of rotatable bonds is 0. The van der Waals surface area contributed by atoms with Gasteiger partial charge in [0, 0.05) is 9.50 Å². The summed E-state index contributed by atoms with van der Waals surface area (Å²) in [7, 11) is 0. The molecule has 0 unspecified atom stereocenters. The predicted molar refractivity (Wildman–Crippen MR) is 77.8 cm³/mol. The molecule has 0 N–H and O–H groups in total. The van der Waals surface area contributed by atoms with Crippen molar-refractivity contribution in [2.45, 2.75) is 34.6 Å². The van der Waals surface area contributed by atoms with Crippen LogP contribution in [-0.4, -0.2) is 0 Å². The van der Waals surface area contributed by atoms with Gasteiger partial charge in [-0.1, -0.05) is 61.3 Å². The molecule has 1 rings (SSSR count). The van der Waals surface area contributed by atoms with Gasteiger partial charge in [-0.25, -0.2) is 0 Å². The minimum atomic E-state index is 0.810. The molecule has 0 atom stereocenters. The summed E-state index contributed by atoms with van der Waals surface area (Å²) in [6.07, 6.45) is 0. The SMILES string of the molecule is C=C.CC.CC.Cc1ccc(Br)cc1Cl. The molecule has 0 aliphatic rings. The predicted octanol–water partition coefficient (Wildman–Crippen LogP) is 6.27. The second kappa shape index (κ2) is 16.2. The molecule has 0 bridgehead atoms. The van der Waals surface area contributed by atoms with Crippen LogP contribution >= 0.6 is 27.5 Å². The van der Waals surface area contributed by atoms with Crippen LogP contribution in [0.25, 0.3) is 0 Å². The molecule has 0 heterocycles. The molecular weight excluding hydrogens is 272 g/mol. The zero-order valence-corrected chi connectivity index (χ0v) is 12.7. The fraction of sp³-hybridized carbons (Fsp3) is 0.385. The number of hydrogen-bond donors (Lipinski definition) is 0. The van der Waals surface area contributed by atoms with Crippen LogP contribution in [0, 0.1) is 6.92 Å². The maximum atomic E-state index is 5.78. The lowest BCUT2D eigenvalue weighted by atomic mass is 10.2. The first-order chi connectivity index (χ1) is 7.20. The first-order valence-corrected chi connectivity index (χ1v) is 6.29. The third kappa shape index (κ3) is 11.7. The Morgan fingerprint density at radius 2 is 1.47 bits per heavy atom. The van der Waals surface area contributed by atoms with Gasteiger partial charge in [-0.05, 0) is 24.6 Å². The molecule has 1 aromatic rings. The first-order valence-electron chi connectivity index (χ1n) is 5.12. The third-order valence-electron chi connectivity index (χ3n) is 1.13. The van der Waals surface area contributed by atoms with Gasteiger partial charge in [0.05, 0.1) is 0 Å². The molecule has 0 aliphatic heterocycles. The van der Waals surface area contributed by atoms with E-state index < -0.39 is 0 Å². The highest BCUT2D eigenvalue weighted by atomic mass is 79.9. The van der Waals surface area contributed by atoms with Crippen molar-refractivity contribution >= 4 is 27.5 Å². The fourth-order valence-electron chi connectivity index (χ4n) is 0.567. The summed E-state index contributed by atoms with van der Waals surface area (Å²) in [5.41, 5.74) is 1.11. The van der Waals surface area contributed by atoms with Gasteiger partial charge in [-0.2, -0.15) is 0 Å². The molecule has 0 saturated carbocycles. The van der Waals surface area contributed by atoms with Gasteiger partial charge in [0.1, 0.15) is 0 Å². The number of hydrogen-bond acceptors (Lipinski definition) is 0. The van der Waals surface area contributed by atoms with Crippen molar-refractivity contribution in [2.75, 3.05) is 0 Å². The third-order valence-corrected chi connectivity index (χ3v) is 2.03. The van der Waals surface area contributed by atoms with Crippen molar-refractivity contribution < 1.29 is 0 Å². The lowest BCUT2D eigenvalue weighted by molar-refractivity contribution is 1.46. The summed E-state index contributed by atoms with van der Waals surface area (Å²) in [5, 5.41) is 0.810. The Kier molecular flexibility index (Phi) is 21.8. The molecule has 0 saturated heterocycles. The monoisotopic (exact) mass is 292 g/mol. The molecule has 0 spiro atoms. The second-order valence-corrected chi connectivity index (χ2v) is 3.22. The normalized spacial score (nSPS) is 6.87. The quantitative estimate of drug-likeness (QED) is 0.495. The fourth-order valence-corrected chi connectivity index (χ4v) is 1.24. The number of benzene rings is 1. The van der Waals surface area contributed by atoms with E-state index in [0.29, 0.717) is 0 Å². The molecule has 1 aromatic carbocycles. The van der Waals surface area contributed by atoms with Crippen LogP contribution in [0.4, 0.5) is 0 Å². The van der Waals surface area contributed by atoms with Crippen molar-refractivity contribution in [2.24, 2.45) is 0 Å². The average molecular weight is 294 g/mol. The minimum absolute atomic E-state index is 0.810. The van der Waals surface area contributed by atoms with Crippen molar-refractivity contribution in [3.05, 3.63) is 46.4 Å². The highest BCUT2D eigenvalue weighted by Crippen LogP contribution is 2.19. The van der Waals surface area contributed by atoms with E-state index in [9.17, 15) is 0 Å². The van der Waals surface area contributed by atoms with E-state index in [-0.39, 0.29) is 0 Å². The van der Waals surface area contributed by atoms with E-state index in [1.54, 1.807) is 0 Å². The highest BCUT2D eigenvalue weighted by molar-refractivity contribution is 9.10. The Labute approximate surface area is 108 Å². The molecule has 0 fully saturated rings. The van der Waals surface area contributed by atoms with Gasteiger partial charge >= 0.3 is 0 Å². The number of halogens is 2. The van der Waals surface area contributed by atoms with Gasteiger partial charge in [0.25, 0.3) is 0 Å². The van der Waals surface area contributed by atoms with Gasteiger partial charge in [-0.3, -0.25) is 0 Å². The summed E-state index contributed by atoms with van der Waals surface area (Å²) >= 11 is 9.10. The molecule has 0 aliphatic carbocycles. The maximum Gasteiger partial charge on any atom is 0.0446 e. The molecule has 0 amide bonds. The van der Waals surface area contributed by atoms with E-state index in [1.807, 2.05) is 52.8 Å². The van der Waals surface area contributed by atoms with Crippen molar-refractivity contribution in [1.29, 1.82) is 0 Å². The smallest absolute Gasteiger partial charge is 0.0446 e. The molecule has 0 radical (unpaired) electrons. The van der Waals surface area contributed by atoms with Crippen LogP contribution in [0.15, 0.2) is 35.8 Å². The Hall–Kier alpha value is -0.270. The Bertz CT molecular complexity index is 234. The summed E-state index contributed by atoms with van der Waals surface area (Å²) in [6.45, 7) is 16.0. The molecule has 15 heavy (non-hydrogen) atoms. The zero-order valence-electron chi connectivity index (χ0n) is 10.4. The Balaban J connectivity index is -0.000000208. The molecular formula is C13H22BrCl. The maximum absolute atomic E-state index is 5.78. The molecule has 0 nitrogen and oxygen atoms in total. The van der Waals surface area contributed by atoms with E-state index in [0.717, 1.165) is 15.1 Å². The Morgan fingerprint density at radius 1 is 1.07 bits per heavy atom. The van der Waals surface area contributed by atoms with Gasteiger partial charge in [-0.15, -0.1) is 13.2 Å². The van der Waals surface area contributed by atoms with Crippen LogP contribution in [0.3, 0.4) is 0 Å². The van der Waals surface area contributed by atoms with Crippen molar-refractivity contribution in [3.8, 4) is 0 Å². The van der Waals surface area contributed by atoms with E-state index in [1.165, 1.54) is 0 Å². The van der Waals surface area contributed by atoms with Crippen LogP contribution in [0.5, 0.6) is 0 Å². The van der Waals surface area contributed by atoms with Crippen LogP contribution in [-0.2, 0) is 0 Å². The van der Waals surface area contributed by atoms with E-state index in [4.69, 9.17) is 11.6 Å². The zero-order chi connectivity index (χ0) is 12.9. The van der Waals surface area contributed by atoms with Crippen LogP contribution in [0.2, 0.25) is 5.02 Å². The minimum Gasteiger partial charge on any atom is -0.106 e.